The standard InChI is InChI=1S/C7H11Cl/c1-6(2)4-5-7(3)8/h4-5H,1-3H3. The highest BCUT2D eigenvalue weighted by Crippen LogP contribution is 1.99. The molecular formula is C7H11Cl. The Morgan fingerprint density at radius 2 is 1.62 bits per heavy atom. The van der Waals surface area contributed by atoms with Gasteiger partial charge in [0.1, 0.15) is 0 Å². The van der Waals surface area contributed by atoms with Gasteiger partial charge in [0.05, 0.1) is 0 Å². The van der Waals surface area contributed by atoms with Gasteiger partial charge in [-0.1, -0.05) is 23.3 Å². The number of hydrogen-bond donors (Lipinski definition) is 0. The monoisotopic (exact) mass is 130 g/mol. The zero-order valence-corrected chi connectivity index (χ0v) is 6.29. The van der Waals surface area contributed by atoms with Crippen LogP contribution in [0.3, 0.4) is 0 Å². The minimum atomic E-state index is 0.825. The van der Waals surface area contributed by atoms with Gasteiger partial charge >= 0.3 is 0 Å². The van der Waals surface area contributed by atoms with Crippen LogP contribution in [0.2, 0.25) is 0 Å². The van der Waals surface area contributed by atoms with Crippen LogP contribution in [0.1, 0.15) is 20.8 Å². The van der Waals surface area contributed by atoms with Crippen molar-refractivity contribution < 1.29 is 0 Å². The van der Waals surface area contributed by atoms with Crippen molar-refractivity contribution in [1.82, 2.24) is 0 Å². The average molecular weight is 131 g/mol. The summed E-state index contributed by atoms with van der Waals surface area (Å²) in [6.07, 6.45) is 3.87. The second kappa shape index (κ2) is 3.73. The molecule has 0 atom stereocenters. The molecule has 0 amide bonds. The van der Waals surface area contributed by atoms with Crippen molar-refractivity contribution >= 4 is 11.6 Å². The molecule has 0 saturated carbocycles. The molecule has 0 aromatic heterocycles. The summed E-state index contributed by atoms with van der Waals surface area (Å²) in [5.41, 5.74) is 1.27. The van der Waals surface area contributed by atoms with E-state index in [-0.39, 0.29) is 0 Å². The van der Waals surface area contributed by atoms with Gasteiger partial charge in [-0.3, -0.25) is 0 Å². The fourth-order valence-corrected chi connectivity index (χ4v) is 0.344. The molecule has 0 rings (SSSR count). The number of rotatable bonds is 1. The zero-order chi connectivity index (χ0) is 6.57. The third-order valence-electron chi connectivity index (χ3n) is 0.646. The second-order valence-corrected chi connectivity index (χ2v) is 2.59. The van der Waals surface area contributed by atoms with E-state index in [2.05, 4.69) is 0 Å². The Kier molecular flexibility index (Phi) is 3.63. The number of hydrogen-bond acceptors (Lipinski definition) is 0. The Bertz CT molecular complexity index is 96.3. The topological polar surface area (TPSA) is 0 Å². The van der Waals surface area contributed by atoms with Crippen LogP contribution in [-0.2, 0) is 0 Å². The lowest BCUT2D eigenvalue weighted by Crippen LogP contribution is -1.60. The second-order valence-electron chi connectivity index (χ2n) is 2.00. The van der Waals surface area contributed by atoms with Gasteiger partial charge in [0.2, 0.25) is 0 Å². The lowest BCUT2D eigenvalue weighted by atomic mass is 10.3. The first-order valence-corrected chi connectivity index (χ1v) is 2.98. The summed E-state index contributed by atoms with van der Waals surface area (Å²) in [5, 5.41) is 0.825. The zero-order valence-electron chi connectivity index (χ0n) is 5.53. The molecule has 0 unspecified atom stereocenters. The number of halogens is 1. The van der Waals surface area contributed by atoms with Crippen molar-refractivity contribution in [3.63, 3.8) is 0 Å². The Hall–Kier alpha value is -0.230. The van der Waals surface area contributed by atoms with E-state index in [9.17, 15) is 0 Å². The molecule has 0 bridgehead atoms. The van der Waals surface area contributed by atoms with Crippen molar-refractivity contribution in [2.75, 3.05) is 0 Å². The Morgan fingerprint density at radius 1 is 1.12 bits per heavy atom. The highest BCUT2D eigenvalue weighted by Gasteiger charge is 1.74. The predicted molar refractivity (Wildman–Crippen MR) is 39.0 cm³/mol. The molecule has 0 aliphatic carbocycles. The lowest BCUT2D eigenvalue weighted by molar-refractivity contribution is 1.39. The molecule has 0 radical (unpaired) electrons. The van der Waals surface area contributed by atoms with E-state index in [4.69, 9.17) is 11.6 Å². The van der Waals surface area contributed by atoms with Crippen LogP contribution in [0.4, 0.5) is 0 Å². The van der Waals surface area contributed by atoms with E-state index in [1.54, 1.807) is 0 Å². The highest BCUT2D eigenvalue weighted by atomic mass is 35.5. The first-order chi connectivity index (χ1) is 3.63. The van der Waals surface area contributed by atoms with Gasteiger partial charge in [0, 0.05) is 5.03 Å². The fraction of sp³-hybridized carbons (Fsp3) is 0.429. The Balaban J connectivity index is 3.76. The summed E-state index contributed by atoms with van der Waals surface area (Å²) in [5.74, 6) is 0. The van der Waals surface area contributed by atoms with Crippen LogP contribution in [0.15, 0.2) is 22.8 Å². The first kappa shape index (κ1) is 7.77. The summed E-state index contributed by atoms with van der Waals surface area (Å²) in [4.78, 5) is 0. The molecular weight excluding hydrogens is 120 g/mol. The van der Waals surface area contributed by atoms with Gasteiger partial charge in [0.25, 0.3) is 0 Å². The van der Waals surface area contributed by atoms with Crippen molar-refractivity contribution in [3.05, 3.63) is 22.8 Å². The van der Waals surface area contributed by atoms with E-state index in [0.29, 0.717) is 0 Å². The van der Waals surface area contributed by atoms with Gasteiger partial charge in [-0.25, -0.2) is 0 Å². The van der Waals surface area contributed by atoms with Gasteiger partial charge in [-0.05, 0) is 26.8 Å². The molecule has 46 valence electrons. The maximum atomic E-state index is 5.54. The molecule has 0 aromatic carbocycles. The summed E-state index contributed by atoms with van der Waals surface area (Å²) < 4.78 is 0. The molecule has 0 aromatic rings. The maximum absolute atomic E-state index is 5.54. The van der Waals surface area contributed by atoms with Crippen LogP contribution in [0.5, 0.6) is 0 Å². The van der Waals surface area contributed by atoms with E-state index in [1.807, 2.05) is 32.9 Å². The van der Waals surface area contributed by atoms with E-state index in [0.717, 1.165) is 5.03 Å². The minimum Gasteiger partial charge on any atom is -0.0895 e. The summed E-state index contributed by atoms with van der Waals surface area (Å²) in [6.45, 7) is 5.94. The smallest absolute Gasteiger partial charge is 0.0149 e. The predicted octanol–water partition coefficient (Wildman–Crippen LogP) is 3.10. The van der Waals surface area contributed by atoms with E-state index < -0.39 is 0 Å². The van der Waals surface area contributed by atoms with Crippen LogP contribution in [0, 0.1) is 0 Å². The third kappa shape index (κ3) is 5.77. The lowest BCUT2D eigenvalue weighted by Gasteiger charge is -1.82. The largest absolute Gasteiger partial charge is 0.0895 e. The minimum absolute atomic E-state index is 0.825. The molecule has 0 N–H and O–H groups in total. The van der Waals surface area contributed by atoms with Gasteiger partial charge in [-0.2, -0.15) is 0 Å². The van der Waals surface area contributed by atoms with Gasteiger partial charge in [-0.15, -0.1) is 0 Å². The molecule has 0 nitrogen and oxygen atoms in total. The summed E-state index contributed by atoms with van der Waals surface area (Å²) in [6, 6.07) is 0. The molecule has 0 aliphatic rings. The Labute approximate surface area is 55.9 Å². The Morgan fingerprint density at radius 3 is 1.75 bits per heavy atom. The van der Waals surface area contributed by atoms with Crippen molar-refractivity contribution in [2.24, 2.45) is 0 Å². The summed E-state index contributed by atoms with van der Waals surface area (Å²) >= 11 is 5.54. The van der Waals surface area contributed by atoms with Gasteiger partial charge in [0.15, 0.2) is 0 Å². The number of allylic oxidation sites excluding steroid dienone is 4. The van der Waals surface area contributed by atoms with Crippen LogP contribution >= 0.6 is 11.6 Å². The van der Waals surface area contributed by atoms with Crippen LogP contribution in [-0.4, -0.2) is 0 Å². The SMILES string of the molecule is CC(C)=CC=C(C)Cl. The van der Waals surface area contributed by atoms with Crippen LogP contribution in [0.25, 0.3) is 0 Å². The summed E-state index contributed by atoms with van der Waals surface area (Å²) in [7, 11) is 0. The quantitative estimate of drug-likeness (QED) is 0.479. The normalized spacial score (nSPS) is 11.2. The van der Waals surface area contributed by atoms with Gasteiger partial charge < -0.3 is 0 Å². The molecule has 0 spiro atoms. The molecule has 1 heteroatoms. The molecule has 0 aliphatic heterocycles. The highest BCUT2D eigenvalue weighted by molar-refractivity contribution is 6.29. The van der Waals surface area contributed by atoms with Crippen molar-refractivity contribution in [1.29, 1.82) is 0 Å². The van der Waals surface area contributed by atoms with Crippen LogP contribution < -0.4 is 0 Å². The van der Waals surface area contributed by atoms with E-state index >= 15 is 0 Å². The third-order valence-corrected chi connectivity index (χ3v) is 0.772. The fourth-order valence-electron chi connectivity index (χ4n) is 0.281. The first-order valence-electron chi connectivity index (χ1n) is 2.60. The molecule has 0 fully saturated rings. The maximum Gasteiger partial charge on any atom is 0.0149 e. The average Bonchev–Trinajstić information content (AvgIpc) is 1.61. The van der Waals surface area contributed by atoms with E-state index in [1.165, 1.54) is 5.57 Å². The van der Waals surface area contributed by atoms with Crippen molar-refractivity contribution in [2.45, 2.75) is 20.8 Å². The molecule has 8 heavy (non-hydrogen) atoms. The molecule has 0 saturated heterocycles. The van der Waals surface area contributed by atoms with Crippen molar-refractivity contribution in [3.8, 4) is 0 Å². The molecule has 0 heterocycles.